The maximum Gasteiger partial charge on any atom is 0.302 e. The number of H-pyrrole nitrogens is 1. The lowest BCUT2D eigenvalue weighted by Gasteiger charge is -2.12. The van der Waals surface area contributed by atoms with E-state index in [4.69, 9.17) is 32.7 Å². The van der Waals surface area contributed by atoms with Crippen molar-refractivity contribution < 1.29 is 14.3 Å². The lowest BCUT2D eigenvalue weighted by molar-refractivity contribution is -0.140. The molecule has 0 bridgehead atoms. The summed E-state index contributed by atoms with van der Waals surface area (Å²) < 4.78 is 10.6. The molecule has 0 aliphatic carbocycles. The van der Waals surface area contributed by atoms with E-state index in [2.05, 4.69) is 10.2 Å². The Labute approximate surface area is 168 Å². The van der Waals surface area contributed by atoms with Crippen LogP contribution in [0.15, 0.2) is 23.0 Å². The molecule has 0 radical (unpaired) electrons. The Hall–Kier alpha value is -2.05. The van der Waals surface area contributed by atoms with E-state index >= 15 is 0 Å². The van der Waals surface area contributed by atoms with Gasteiger partial charge in [0, 0.05) is 25.0 Å². The SMILES string of the molecule is CC.CC(=O)OCCc1cc(Cl)c(Oc2cc(C(C)C)c(=O)[nH]n2)c(Cl)c1. The summed E-state index contributed by atoms with van der Waals surface area (Å²) in [6.45, 7) is 9.37. The van der Waals surface area contributed by atoms with Gasteiger partial charge in [-0.15, -0.1) is 5.10 Å². The van der Waals surface area contributed by atoms with Crippen molar-refractivity contribution in [2.75, 3.05) is 6.61 Å². The van der Waals surface area contributed by atoms with Gasteiger partial charge in [0.1, 0.15) is 0 Å². The van der Waals surface area contributed by atoms with Crippen LogP contribution < -0.4 is 10.3 Å². The van der Waals surface area contributed by atoms with Gasteiger partial charge in [-0.3, -0.25) is 9.59 Å². The molecule has 2 rings (SSSR count). The largest absolute Gasteiger partial charge is 0.466 e. The molecule has 0 amide bonds. The van der Waals surface area contributed by atoms with Crippen LogP contribution in [0.25, 0.3) is 0 Å². The second-order valence-corrected chi connectivity index (χ2v) is 6.54. The van der Waals surface area contributed by atoms with E-state index in [0.29, 0.717) is 22.0 Å². The number of carbonyl (C=O) groups excluding carboxylic acids is 1. The smallest absolute Gasteiger partial charge is 0.302 e. The molecule has 0 aliphatic heterocycles. The molecule has 1 heterocycles. The second kappa shape index (κ2) is 10.9. The van der Waals surface area contributed by atoms with Gasteiger partial charge < -0.3 is 9.47 Å². The first-order chi connectivity index (χ1) is 12.8. The first kappa shape index (κ1) is 23.0. The Morgan fingerprint density at radius 3 is 2.30 bits per heavy atom. The van der Waals surface area contributed by atoms with Gasteiger partial charge in [-0.25, -0.2) is 5.10 Å². The van der Waals surface area contributed by atoms with Gasteiger partial charge >= 0.3 is 5.97 Å². The summed E-state index contributed by atoms with van der Waals surface area (Å²) in [5.41, 5.74) is 1.09. The maximum absolute atomic E-state index is 11.7. The normalized spacial score (nSPS) is 10.2. The number of hydrogen-bond donors (Lipinski definition) is 1. The van der Waals surface area contributed by atoms with Gasteiger partial charge in [-0.1, -0.05) is 50.9 Å². The van der Waals surface area contributed by atoms with Gasteiger partial charge in [0.15, 0.2) is 5.75 Å². The first-order valence-corrected chi connectivity index (χ1v) is 9.42. The summed E-state index contributed by atoms with van der Waals surface area (Å²) >= 11 is 12.5. The number of halogens is 2. The van der Waals surface area contributed by atoms with E-state index in [9.17, 15) is 9.59 Å². The zero-order valence-electron chi connectivity index (χ0n) is 16.1. The van der Waals surface area contributed by atoms with Crippen LogP contribution in [0.5, 0.6) is 11.6 Å². The molecule has 0 fully saturated rings. The topological polar surface area (TPSA) is 81.3 Å². The number of hydrogen-bond acceptors (Lipinski definition) is 5. The average molecular weight is 415 g/mol. The highest BCUT2D eigenvalue weighted by Crippen LogP contribution is 2.37. The zero-order chi connectivity index (χ0) is 20.6. The number of benzene rings is 1. The summed E-state index contributed by atoms with van der Waals surface area (Å²) in [5, 5.41) is 6.84. The predicted octanol–water partition coefficient (Wildman–Crippen LogP) is 5.12. The van der Waals surface area contributed by atoms with Crippen molar-refractivity contribution in [3.05, 3.63) is 49.7 Å². The van der Waals surface area contributed by atoms with E-state index in [1.54, 1.807) is 18.2 Å². The Bertz CT molecular complexity index is 812. The molecule has 1 N–H and O–H groups in total. The highest BCUT2D eigenvalue weighted by atomic mass is 35.5. The van der Waals surface area contributed by atoms with Crippen LogP contribution in [-0.4, -0.2) is 22.8 Å². The quantitative estimate of drug-likeness (QED) is 0.662. The molecule has 8 heteroatoms. The number of nitrogens with one attached hydrogen (secondary N) is 1. The Balaban J connectivity index is 0.00000176. The van der Waals surface area contributed by atoms with Gasteiger partial charge in [-0.2, -0.15) is 0 Å². The van der Waals surface area contributed by atoms with Crippen LogP contribution in [-0.2, 0) is 16.0 Å². The number of aromatic amines is 1. The standard InChI is InChI=1S/C17H18Cl2N2O4.C2H6/c1-9(2)12-8-15(20-21-17(12)23)25-16-13(18)6-11(7-14(16)19)4-5-24-10(3)22;1-2/h6-9H,4-5H2,1-3H3,(H,21,23);1-2H3. The summed E-state index contributed by atoms with van der Waals surface area (Å²) in [7, 11) is 0. The minimum absolute atomic E-state index is 0.0173. The van der Waals surface area contributed by atoms with Crippen molar-refractivity contribution in [1.29, 1.82) is 0 Å². The molecular formula is C19H24Cl2N2O4. The number of carbonyl (C=O) groups is 1. The lowest BCUT2D eigenvalue weighted by Crippen LogP contribution is -2.15. The van der Waals surface area contributed by atoms with E-state index in [1.807, 2.05) is 27.7 Å². The van der Waals surface area contributed by atoms with Crippen LogP contribution >= 0.6 is 23.2 Å². The number of ether oxygens (including phenoxy) is 2. The molecule has 27 heavy (non-hydrogen) atoms. The average Bonchev–Trinajstić information content (AvgIpc) is 2.60. The van der Waals surface area contributed by atoms with Crippen LogP contribution in [0.1, 0.15) is 51.7 Å². The number of esters is 1. The van der Waals surface area contributed by atoms with Gasteiger partial charge in [0.05, 0.1) is 16.7 Å². The first-order valence-electron chi connectivity index (χ1n) is 8.66. The van der Waals surface area contributed by atoms with E-state index in [1.165, 1.54) is 6.92 Å². The highest BCUT2D eigenvalue weighted by Gasteiger charge is 2.14. The summed E-state index contributed by atoms with van der Waals surface area (Å²) in [6.07, 6.45) is 0.480. The van der Waals surface area contributed by atoms with Crippen LogP contribution in [0, 0.1) is 0 Å². The third-order valence-corrected chi connectivity index (χ3v) is 3.95. The number of aromatic nitrogens is 2. The minimum atomic E-state index is -0.345. The van der Waals surface area contributed by atoms with Gasteiger partial charge in [0.2, 0.25) is 5.88 Å². The van der Waals surface area contributed by atoms with Gasteiger partial charge in [-0.05, 0) is 23.6 Å². The molecular weight excluding hydrogens is 391 g/mol. The van der Waals surface area contributed by atoms with Crippen LogP contribution in [0.3, 0.4) is 0 Å². The van der Waals surface area contributed by atoms with E-state index in [-0.39, 0.29) is 35.7 Å². The van der Waals surface area contributed by atoms with Crippen molar-refractivity contribution in [2.24, 2.45) is 0 Å². The second-order valence-electron chi connectivity index (χ2n) is 5.73. The molecule has 0 saturated carbocycles. The highest BCUT2D eigenvalue weighted by molar-refractivity contribution is 6.37. The Kier molecular flexibility index (Phi) is 9.32. The number of rotatable bonds is 6. The van der Waals surface area contributed by atoms with Crippen molar-refractivity contribution in [2.45, 2.75) is 47.0 Å². The predicted molar refractivity (Wildman–Crippen MR) is 107 cm³/mol. The summed E-state index contributed by atoms with van der Waals surface area (Å²) in [4.78, 5) is 22.5. The number of nitrogens with zero attached hydrogens (tertiary/aromatic N) is 1. The van der Waals surface area contributed by atoms with Crippen LogP contribution in [0.4, 0.5) is 0 Å². The molecule has 148 valence electrons. The van der Waals surface area contributed by atoms with Crippen molar-refractivity contribution >= 4 is 29.2 Å². The monoisotopic (exact) mass is 414 g/mol. The molecule has 0 unspecified atom stereocenters. The van der Waals surface area contributed by atoms with E-state index < -0.39 is 0 Å². The lowest BCUT2D eigenvalue weighted by atomic mass is 10.1. The Morgan fingerprint density at radius 2 is 1.78 bits per heavy atom. The third-order valence-electron chi connectivity index (χ3n) is 3.39. The molecule has 2 aromatic rings. The maximum atomic E-state index is 11.7. The fourth-order valence-corrected chi connectivity index (χ4v) is 2.76. The summed E-state index contributed by atoms with van der Waals surface area (Å²) in [5.74, 6) is 0.111. The molecule has 1 aromatic heterocycles. The molecule has 6 nitrogen and oxygen atoms in total. The molecule has 0 saturated heterocycles. The molecule has 0 spiro atoms. The van der Waals surface area contributed by atoms with Crippen LogP contribution in [0.2, 0.25) is 10.0 Å². The van der Waals surface area contributed by atoms with Crippen molar-refractivity contribution in [3.8, 4) is 11.6 Å². The molecule has 1 aromatic carbocycles. The van der Waals surface area contributed by atoms with E-state index in [0.717, 1.165) is 5.56 Å². The fraction of sp³-hybridized carbons (Fsp3) is 0.421. The molecule has 0 aliphatic rings. The zero-order valence-corrected chi connectivity index (χ0v) is 17.6. The third kappa shape index (κ3) is 6.88. The minimum Gasteiger partial charge on any atom is -0.466 e. The van der Waals surface area contributed by atoms with Gasteiger partial charge in [0.25, 0.3) is 5.56 Å². The summed E-state index contributed by atoms with van der Waals surface area (Å²) in [6, 6.07) is 4.92. The fourth-order valence-electron chi connectivity index (χ4n) is 2.15. The Morgan fingerprint density at radius 1 is 1.19 bits per heavy atom. The van der Waals surface area contributed by atoms with Crippen molar-refractivity contribution in [3.63, 3.8) is 0 Å². The van der Waals surface area contributed by atoms with Crippen molar-refractivity contribution in [1.82, 2.24) is 10.2 Å². The molecule has 0 atom stereocenters.